The molecule has 10 rings (SSSR count). The van der Waals surface area contributed by atoms with Crippen LogP contribution in [0.3, 0.4) is 0 Å². The van der Waals surface area contributed by atoms with Gasteiger partial charge in [-0.15, -0.1) is 0 Å². The van der Waals surface area contributed by atoms with Crippen molar-refractivity contribution in [2.24, 2.45) is 0 Å². The van der Waals surface area contributed by atoms with Crippen molar-refractivity contribution in [1.29, 1.82) is 0 Å². The third-order valence-corrected chi connectivity index (χ3v) is 10.1. The van der Waals surface area contributed by atoms with Crippen LogP contribution in [0.15, 0.2) is 199 Å². The molecule has 2 heterocycles. The summed E-state index contributed by atoms with van der Waals surface area (Å²) >= 11 is 0. The van der Waals surface area contributed by atoms with Gasteiger partial charge in [-0.3, -0.25) is 4.98 Å². The highest BCUT2D eigenvalue weighted by Crippen LogP contribution is 2.45. The first-order chi connectivity index (χ1) is 25.8. The van der Waals surface area contributed by atoms with Crippen LogP contribution in [0.4, 0.5) is 17.1 Å². The number of furan rings is 1. The lowest BCUT2D eigenvalue weighted by molar-refractivity contribution is 0.669. The Kier molecular flexibility index (Phi) is 7.14. The van der Waals surface area contributed by atoms with Crippen molar-refractivity contribution in [3.63, 3.8) is 0 Å². The van der Waals surface area contributed by atoms with Crippen molar-refractivity contribution in [2.45, 2.75) is 0 Å². The van der Waals surface area contributed by atoms with Crippen LogP contribution in [0.5, 0.6) is 0 Å². The van der Waals surface area contributed by atoms with E-state index >= 15 is 0 Å². The van der Waals surface area contributed by atoms with Gasteiger partial charge in [0.25, 0.3) is 0 Å². The van der Waals surface area contributed by atoms with Gasteiger partial charge in [0.1, 0.15) is 11.2 Å². The zero-order valence-corrected chi connectivity index (χ0v) is 28.3. The van der Waals surface area contributed by atoms with E-state index in [1.807, 2.05) is 12.4 Å². The van der Waals surface area contributed by atoms with Gasteiger partial charge in [0, 0.05) is 34.5 Å². The van der Waals surface area contributed by atoms with E-state index in [2.05, 4.69) is 192 Å². The average Bonchev–Trinajstić information content (AvgIpc) is 3.59. The second-order valence-corrected chi connectivity index (χ2v) is 13.2. The molecule has 244 valence electrons. The summed E-state index contributed by atoms with van der Waals surface area (Å²) in [7, 11) is 0. The SMILES string of the molecule is c1ccc(-c2ccc(N(c3ccc(-c4cc(-c5ccccc5)cc5ccccc45)cc3)c3cccc4oc5cc6cnccc6cc5c34)cc2)cc1. The zero-order chi connectivity index (χ0) is 34.4. The van der Waals surface area contributed by atoms with Crippen LogP contribution in [0, 0.1) is 0 Å². The second kappa shape index (κ2) is 12.4. The molecule has 52 heavy (non-hydrogen) atoms. The fourth-order valence-electron chi connectivity index (χ4n) is 7.57. The molecule has 0 bridgehead atoms. The van der Waals surface area contributed by atoms with Gasteiger partial charge in [-0.2, -0.15) is 0 Å². The average molecular weight is 665 g/mol. The lowest BCUT2D eigenvalue weighted by atomic mass is 9.93. The fourth-order valence-corrected chi connectivity index (χ4v) is 7.57. The molecule has 0 fully saturated rings. The Bertz CT molecular complexity index is 2880. The van der Waals surface area contributed by atoms with Gasteiger partial charge in [-0.1, -0.05) is 115 Å². The summed E-state index contributed by atoms with van der Waals surface area (Å²) in [5.41, 5.74) is 12.1. The van der Waals surface area contributed by atoms with Crippen molar-refractivity contribution >= 4 is 60.5 Å². The van der Waals surface area contributed by atoms with Crippen LogP contribution in [-0.4, -0.2) is 4.98 Å². The van der Waals surface area contributed by atoms with Crippen molar-refractivity contribution in [1.82, 2.24) is 4.98 Å². The minimum Gasteiger partial charge on any atom is -0.456 e. The Morgan fingerprint density at radius 1 is 0.404 bits per heavy atom. The lowest BCUT2D eigenvalue weighted by Gasteiger charge is -2.27. The summed E-state index contributed by atoms with van der Waals surface area (Å²) in [6.07, 6.45) is 3.74. The molecule has 0 saturated heterocycles. The van der Waals surface area contributed by atoms with Gasteiger partial charge in [0.15, 0.2) is 0 Å². The first-order valence-electron chi connectivity index (χ1n) is 17.6. The van der Waals surface area contributed by atoms with Gasteiger partial charge in [0.05, 0.1) is 11.1 Å². The highest BCUT2D eigenvalue weighted by molar-refractivity contribution is 6.16. The van der Waals surface area contributed by atoms with Gasteiger partial charge >= 0.3 is 0 Å². The predicted molar refractivity (Wildman–Crippen MR) is 218 cm³/mol. The summed E-state index contributed by atoms with van der Waals surface area (Å²) in [5.74, 6) is 0. The Hall–Kier alpha value is -6.97. The second-order valence-electron chi connectivity index (χ2n) is 13.2. The number of pyridine rings is 1. The normalized spacial score (nSPS) is 11.5. The van der Waals surface area contributed by atoms with Crippen molar-refractivity contribution in [2.75, 3.05) is 4.90 Å². The van der Waals surface area contributed by atoms with E-state index in [9.17, 15) is 0 Å². The number of benzene rings is 8. The maximum Gasteiger partial charge on any atom is 0.137 e. The van der Waals surface area contributed by atoms with Crippen LogP contribution < -0.4 is 4.90 Å². The number of hydrogen-bond acceptors (Lipinski definition) is 3. The Morgan fingerprint density at radius 2 is 1.06 bits per heavy atom. The number of aromatic nitrogens is 1. The number of nitrogens with zero attached hydrogens (tertiary/aromatic N) is 2. The molecule has 0 N–H and O–H groups in total. The summed E-state index contributed by atoms with van der Waals surface area (Å²) in [5, 5.41) is 6.81. The number of fused-ring (bicyclic) bond motifs is 5. The first-order valence-corrected chi connectivity index (χ1v) is 17.6. The predicted octanol–water partition coefficient (Wildman–Crippen LogP) is 13.8. The van der Waals surface area contributed by atoms with Crippen LogP contribution in [0.25, 0.3) is 76.9 Å². The highest BCUT2D eigenvalue weighted by atomic mass is 16.3. The molecule has 2 aromatic heterocycles. The summed E-state index contributed by atoms with van der Waals surface area (Å²) in [4.78, 5) is 6.70. The van der Waals surface area contributed by atoms with Crippen molar-refractivity contribution in [3.05, 3.63) is 194 Å². The van der Waals surface area contributed by atoms with Crippen LogP contribution in [-0.2, 0) is 0 Å². The number of hydrogen-bond donors (Lipinski definition) is 0. The van der Waals surface area contributed by atoms with E-state index < -0.39 is 0 Å². The summed E-state index contributed by atoms with van der Waals surface area (Å²) in [6.45, 7) is 0. The van der Waals surface area contributed by atoms with Gasteiger partial charge in [-0.25, -0.2) is 0 Å². The van der Waals surface area contributed by atoms with Gasteiger partial charge in [-0.05, 0) is 116 Å². The molecule has 0 amide bonds. The molecule has 0 unspecified atom stereocenters. The quantitative estimate of drug-likeness (QED) is 0.177. The van der Waals surface area contributed by atoms with E-state index in [1.54, 1.807) is 0 Å². The number of anilines is 3. The fraction of sp³-hybridized carbons (Fsp3) is 0. The first kappa shape index (κ1) is 29.9. The van der Waals surface area contributed by atoms with E-state index in [1.165, 1.54) is 44.2 Å². The molecular weight excluding hydrogens is 633 g/mol. The molecule has 0 aliphatic rings. The molecule has 0 saturated carbocycles. The smallest absolute Gasteiger partial charge is 0.137 e. The highest BCUT2D eigenvalue weighted by Gasteiger charge is 2.20. The molecule has 0 aliphatic heterocycles. The topological polar surface area (TPSA) is 29.3 Å². The van der Waals surface area contributed by atoms with Crippen LogP contribution >= 0.6 is 0 Å². The molecule has 8 aromatic carbocycles. The molecule has 0 spiro atoms. The van der Waals surface area contributed by atoms with Crippen LogP contribution in [0.1, 0.15) is 0 Å². The largest absolute Gasteiger partial charge is 0.456 e. The number of rotatable bonds is 6. The van der Waals surface area contributed by atoms with Crippen LogP contribution in [0.2, 0.25) is 0 Å². The molecule has 3 nitrogen and oxygen atoms in total. The maximum atomic E-state index is 6.51. The van der Waals surface area contributed by atoms with Gasteiger partial charge in [0.2, 0.25) is 0 Å². The minimum atomic E-state index is 0.850. The molecule has 0 atom stereocenters. The Morgan fingerprint density at radius 3 is 1.81 bits per heavy atom. The monoisotopic (exact) mass is 664 g/mol. The van der Waals surface area contributed by atoms with Crippen molar-refractivity contribution in [3.8, 4) is 33.4 Å². The summed E-state index contributed by atoms with van der Waals surface area (Å²) < 4.78 is 6.51. The molecule has 3 heteroatoms. The Balaban J connectivity index is 1.15. The van der Waals surface area contributed by atoms with E-state index in [-0.39, 0.29) is 0 Å². The minimum absolute atomic E-state index is 0.850. The maximum absolute atomic E-state index is 6.51. The zero-order valence-electron chi connectivity index (χ0n) is 28.3. The third-order valence-electron chi connectivity index (χ3n) is 10.1. The standard InChI is InChI=1S/C49H32N2O/c1-3-10-33(11-4-1)35-18-22-41(23-19-35)51(46-16-9-17-47-49(46)45-29-37-26-27-50-32-40(37)31-48(45)52-47)42-24-20-36(21-25-42)44-30-39(34-12-5-2-6-13-34)28-38-14-7-8-15-43(38)44/h1-32H. The summed E-state index contributed by atoms with van der Waals surface area (Å²) in [6, 6.07) is 65.0. The van der Waals surface area contributed by atoms with E-state index in [0.29, 0.717) is 0 Å². The molecule has 0 aliphatic carbocycles. The third kappa shape index (κ3) is 5.19. The van der Waals surface area contributed by atoms with E-state index in [0.717, 1.165) is 49.8 Å². The van der Waals surface area contributed by atoms with E-state index in [4.69, 9.17) is 4.42 Å². The lowest BCUT2D eigenvalue weighted by Crippen LogP contribution is -2.10. The Labute approximate surface area is 301 Å². The molecule has 10 aromatic rings. The molecule has 0 radical (unpaired) electrons. The van der Waals surface area contributed by atoms with Crippen molar-refractivity contribution < 1.29 is 4.42 Å². The molecular formula is C49H32N2O. The van der Waals surface area contributed by atoms with Gasteiger partial charge < -0.3 is 9.32 Å².